The largest absolute Gasteiger partial charge is 0.0622 e. The lowest BCUT2D eigenvalue weighted by Gasteiger charge is -2.18. The Kier molecular flexibility index (Phi) is 7.48. The summed E-state index contributed by atoms with van der Waals surface area (Å²) in [5, 5.41) is 5.12. The van der Waals surface area contributed by atoms with Crippen molar-refractivity contribution in [1.29, 1.82) is 0 Å². The highest BCUT2D eigenvalue weighted by molar-refractivity contribution is 6.15. The number of hydrogen-bond acceptors (Lipinski definition) is 0. The van der Waals surface area contributed by atoms with Crippen LogP contribution in [0, 0.1) is 13.8 Å². The zero-order chi connectivity index (χ0) is 31.7. The van der Waals surface area contributed by atoms with Crippen LogP contribution in [0.15, 0.2) is 170 Å². The van der Waals surface area contributed by atoms with E-state index in [4.69, 9.17) is 0 Å². The quantitative estimate of drug-likeness (QED) is 0.167. The first-order chi connectivity index (χ1) is 23.2. The van der Waals surface area contributed by atoms with Gasteiger partial charge in [-0.25, -0.2) is 0 Å². The van der Waals surface area contributed by atoms with Crippen LogP contribution in [0.2, 0.25) is 0 Å². The monoisotopic (exact) mass is 600 g/mol. The third kappa shape index (κ3) is 5.33. The summed E-state index contributed by atoms with van der Waals surface area (Å²) in [4.78, 5) is 0. The Morgan fingerprint density at radius 3 is 1.81 bits per heavy atom. The fraction of sp³-hybridized carbons (Fsp3) is 0.0638. The van der Waals surface area contributed by atoms with Gasteiger partial charge in [0.25, 0.3) is 0 Å². The van der Waals surface area contributed by atoms with Gasteiger partial charge in [-0.2, -0.15) is 0 Å². The van der Waals surface area contributed by atoms with Crippen molar-refractivity contribution in [3.63, 3.8) is 0 Å². The van der Waals surface area contributed by atoms with Gasteiger partial charge in [-0.05, 0) is 121 Å². The lowest BCUT2D eigenvalue weighted by molar-refractivity contribution is 1.19. The standard InChI is InChI=1S/C47H36/c1-32-15-6-9-22-39(32)45-30-36-20-8-11-25-42(36)46-31-37(27-28-44(45)46)41-24-12-13-26-43(41)40-23-10-7-19-35(40)29-38-21-14-16-33(2)47(38)34-17-4-3-5-18-34/h3-28,30-31H,29H2,1-2H3. The Labute approximate surface area is 277 Å². The van der Waals surface area contributed by atoms with Gasteiger partial charge in [0.1, 0.15) is 0 Å². The minimum Gasteiger partial charge on any atom is -0.0622 e. The van der Waals surface area contributed by atoms with Crippen LogP contribution in [0.3, 0.4) is 0 Å². The van der Waals surface area contributed by atoms with E-state index < -0.39 is 0 Å². The molecule has 0 unspecified atom stereocenters. The van der Waals surface area contributed by atoms with Crippen LogP contribution in [-0.4, -0.2) is 0 Å². The van der Waals surface area contributed by atoms with Gasteiger partial charge in [0.2, 0.25) is 0 Å². The van der Waals surface area contributed by atoms with Gasteiger partial charge in [0.15, 0.2) is 0 Å². The Balaban J connectivity index is 1.28. The van der Waals surface area contributed by atoms with Crippen molar-refractivity contribution in [2.75, 3.05) is 0 Å². The molecule has 0 aliphatic carbocycles. The molecule has 0 heteroatoms. The molecule has 0 nitrogen and oxygen atoms in total. The molecule has 0 aromatic heterocycles. The lowest BCUT2D eigenvalue weighted by atomic mass is 9.86. The van der Waals surface area contributed by atoms with Crippen molar-refractivity contribution in [2.45, 2.75) is 20.3 Å². The average Bonchev–Trinajstić information content (AvgIpc) is 3.12. The number of hydrogen-bond donors (Lipinski definition) is 0. The van der Waals surface area contributed by atoms with Crippen LogP contribution in [0.5, 0.6) is 0 Å². The molecule has 0 spiro atoms. The van der Waals surface area contributed by atoms with Crippen molar-refractivity contribution in [2.24, 2.45) is 0 Å². The topological polar surface area (TPSA) is 0 Å². The van der Waals surface area contributed by atoms with E-state index in [0.29, 0.717) is 0 Å². The molecule has 47 heavy (non-hydrogen) atoms. The molecule has 0 saturated heterocycles. The van der Waals surface area contributed by atoms with Crippen LogP contribution in [0.25, 0.3) is 66.1 Å². The van der Waals surface area contributed by atoms with Gasteiger partial charge in [0, 0.05) is 0 Å². The number of benzene rings is 8. The first-order valence-corrected chi connectivity index (χ1v) is 16.5. The third-order valence-electron chi connectivity index (χ3n) is 9.64. The number of rotatable bonds is 6. The zero-order valence-electron chi connectivity index (χ0n) is 26.9. The summed E-state index contributed by atoms with van der Waals surface area (Å²) < 4.78 is 0. The lowest BCUT2D eigenvalue weighted by Crippen LogP contribution is -1.98. The first kappa shape index (κ1) is 28.7. The Morgan fingerprint density at radius 1 is 0.340 bits per heavy atom. The summed E-state index contributed by atoms with van der Waals surface area (Å²) in [5.41, 5.74) is 15.5. The van der Waals surface area contributed by atoms with E-state index in [1.165, 1.54) is 88.3 Å². The number of fused-ring (bicyclic) bond motifs is 3. The van der Waals surface area contributed by atoms with Crippen molar-refractivity contribution >= 4 is 21.5 Å². The summed E-state index contributed by atoms with van der Waals surface area (Å²) in [6, 6.07) is 62.3. The predicted molar refractivity (Wildman–Crippen MR) is 202 cm³/mol. The van der Waals surface area contributed by atoms with Crippen LogP contribution >= 0.6 is 0 Å². The molecule has 0 aliphatic rings. The van der Waals surface area contributed by atoms with Crippen molar-refractivity contribution in [1.82, 2.24) is 0 Å². The van der Waals surface area contributed by atoms with Crippen LogP contribution in [0.1, 0.15) is 22.3 Å². The van der Waals surface area contributed by atoms with E-state index in [-0.39, 0.29) is 0 Å². The zero-order valence-corrected chi connectivity index (χ0v) is 26.9. The molecule has 0 N–H and O–H groups in total. The van der Waals surface area contributed by atoms with Gasteiger partial charge in [-0.15, -0.1) is 0 Å². The van der Waals surface area contributed by atoms with E-state index in [1.54, 1.807) is 0 Å². The smallest absolute Gasteiger partial charge is 0.00134 e. The second kappa shape index (κ2) is 12.2. The molecular weight excluding hydrogens is 565 g/mol. The van der Waals surface area contributed by atoms with Gasteiger partial charge in [0.05, 0.1) is 0 Å². The molecule has 224 valence electrons. The summed E-state index contributed by atoms with van der Waals surface area (Å²) in [7, 11) is 0. The van der Waals surface area contributed by atoms with E-state index in [0.717, 1.165) is 6.42 Å². The molecule has 8 aromatic carbocycles. The maximum Gasteiger partial charge on any atom is -0.00134 e. The minimum atomic E-state index is 0.860. The van der Waals surface area contributed by atoms with E-state index in [9.17, 15) is 0 Å². The summed E-state index contributed by atoms with van der Waals surface area (Å²) in [6.45, 7) is 4.43. The molecular formula is C47H36. The van der Waals surface area contributed by atoms with Crippen LogP contribution in [-0.2, 0) is 6.42 Å². The van der Waals surface area contributed by atoms with Gasteiger partial charge in [-0.1, -0.05) is 158 Å². The van der Waals surface area contributed by atoms with E-state index >= 15 is 0 Å². The molecule has 0 heterocycles. The molecule has 0 amide bonds. The SMILES string of the molecule is Cc1ccccc1-c1cc2ccccc2c2cc(-c3ccccc3-c3ccccc3Cc3cccc(C)c3-c3ccccc3)ccc12. The summed E-state index contributed by atoms with van der Waals surface area (Å²) >= 11 is 0. The normalized spacial score (nSPS) is 11.3. The molecule has 0 aliphatic heterocycles. The second-order valence-electron chi connectivity index (χ2n) is 12.6. The maximum absolute atomic E-state index is 2.41. The minimum absolute atomic E-state index is 0.860. The van der Waals surface area contributed by atoms with E-state index in [1.807, 2.05) is 0 Å². The Morgan fingerprint density at radius 2 is 0.979 bits per heavy atom. The number of aryl methyl sites for hydroxylation is 2. The average molecular weight is 601 g/mol. The Bertz CT molecular complexity index is 2390. The van der Waals surface area contributed by atoms with E-state index in [2.05, 4.69) is 184 Å². The molecule has 8 rings (SSSR count). The highest BCUT2D eigenvalue weighted by Crippen LogP contribution is 2.41. The van der Waals surface area contributed by atoms with Gasteiger partial charge < -0.3 is 0 Å². The Hall–Kier alpha value is -5.72. The highest BCUT2D eigenvalue weighted by Gasteiger charge is 2.16. The first-order valence-electron chi connectivity index (χ1n) is 16.5. The van der Waals surface area contributed by atoms with Crippen molar-refractivity contribution in [3.05, 3.63) is 192 Å². The molecule has 0 fully saturated rings. The summed E-state index contributed by atoms with van der Waals surface area (Å²) in [5.74, 6) is 0. The highest BCUT2D eigenvalue weighted by atomic mass is 14.2. The van der Waals surface area contributed by atoms with Crippen LogP contribution < -0.4 is 0 Å². The van der Waals surface area contributed by atoms with Crippen molar-refractivity contribution in [3.8, 4) is 44.5 Å². The predicted octanol–water partition coefficient (Wildman–Crippen LogP) is 12.9. The fourth-order valence-corrected chi connectivity index (χ4v) is 7.37. The van der Waals surface area contributed by atoms with Crippen LogP contribution in [0.4, 0.5) is 0 Å². The van der Waals surface area contributed by atoms with Crippen molar-refractivity contribution < 1.29 is 0 Å². The molecule has 0 saturated carbocycles. The molecule has 8 aromatic rings. The maximum atomic E-state index is 2.41. The van der Waals surface area contributed by atoms with Gasteiger partial charge >= 0.3 is 0 Å². The third-order valence-corrected chi connectivity index (χ3v) is 9.64. The molecule has 0 atom stereocenters. The summed E-state index contributed by atoms with van der Waals surface area (Å²) in [6.07, 6.45) is 0.860. The molecule has 0 bridgehead atoms. The van der Waals surface area contributed by atoms with Gasteiger partial charge in [-0.3, -0.25) is 0 Å². The molecule has 0 radical (unpaired) electrons. The second-order valence-corrected chi connectivity index (χ2v) is 12.6. The fourth-order valence-electron chi connectivity index (χ4n) is 7.37.